The van der Waals surface area contributed by atoms with E-state index in [1.165, 1.54) is 0 Å². The Morgan fingerprint density at radius 2 is 1.68 bits per heavy atom. The van der Waals surface area contributed by atoms with Crippen molar-refractivity contribution in [3.63, 3.8) is 0 Å². The Labute approximate surface area is 125 Å². The lowest BCUT2D eigenvalue weighted by Gasteiger charge is -2.19. The second kappa shape index (κ2) is 5.96. The van der Waals surface area contributed by atoms with Gasteiger partial charge in [-0.05, 0) is 65.9 Å². The van der Waals surface area contributed by atoms with E-state index in [-0.39, 0.29) is 6.04 Å². The molecule has 1 N–H and O–H groups in total. The van der Waals surface area contributed by atoms with Gasteiger partial charge in [-0.15, -0.1) is 0 Å². The molecule has 0 amide bonds. The molecule has 0 fully saturated rings. The van der Waals surface area contributed by atoms with Crippen molar-refractivity contribution in [2.24, 2.45) is 0 Å². The molecule has 0 aromatic heterocycles. The molecule has 1 atom stereocenters. The molecule has 2 aromatic carbocycles. The van der Waals surface area contributed by atoms with Crippen molar-refractivity contribution in [3.8, 4) is 0 Å². The van der Waals surface area contributed by atoms with E-state index in [1.807, 2.05) is 24.3 Å². The van der Waals surface area contributed by atoms with Gasteiger partial charge in [0, 0.05) is 15.2 Å². The van der Waals surface area contributed by atoms with Gasteiger partial charge >= 0.3 is 0 Å². The summed E-state index contributed by atoms with van der Waals surface area (Å²) >= 11 is 2.22. The van der Waals surface area contributed by atoms with Crippen LogP contribution in [0.15, 0.2) is 36.4 Å². The number of halogens is 3. The lowest BCUT2D eigenvalue weighted by molar-refractivity contribution is 0.547. The standard InChI is InChI=1S/C15H14F2IN/c1-9-7-12(14(17)8-13(9)16)15(19-2)10-3-5-11(18)6-4-10/h3-8,15,19H,1-2H3. The molecule has 1 unspecified atom stereocenters. The van der Waals surface area contributed by atoms with Crippen LogP contribution in [0.1, 0.15) is 22.7 Å². The largest absolute Gasteiger partial charge is 0.309 e. The van der Waals surface area contributed by atoms with Gasteiger partial charge < -0.3 is 5.32 Å². The van der Waals surface area contributed by atoms with Crippen LogP contribution >= 0.6 is 22.6 Å². The van der Waals surface area contributed by atoms with E-state index in [0.717, 1.165) is 15.2 Å². The fourth-order valence-electron chi connectivity index (χ4n) is 2.06. The average molecular weight is 373 g/mol. The zero-order valence-electron chi connectivity index (χ0n) is 10.7. The van der Waals surface area contributed by atoms with Crippen LogP contribution < -0.4 is 5.32 Å². The normalized spacial score (nSPS) is 12.5. The van der Waals surface area contributed by atoms with Gasteiger partial charge in [-0.1, -0.05) is 12.1 Å². The summed E-state index contributed by atoms with van der Waals surface area (Å²) in [5, 5.41) is 3.08. The maximum atomic E-state index is 14.0. The van der Waals surface area contributed by atoms with Crippen molar-refractivity contribution in [3.05, 3.63) is 68.3 Å². The fourth-order valence-corrected chi connectivity index (χ4v) is 2.42. The Hall–Kier alpha value is -1.01. The summed E-state index contributed by atoms with van der Waals surface area (Å²) in [4.78, 5) is 0. The molecule has 0 radical (unpaired) electrons. The first kappa shape index (κ1) is 14.4. The van der Waals surface area contributed by atoms with Crippen molar-refractivity contribution in [1.82, 2.24) is 5.32 Å². The second-order valence-electron chi connectivity index (χ2n) is 4.40. The van der Waals surface area contributed by atoms with E-state index in [0.29, 0.717) is 11.1 Å². The van der Waals surface area contributed by atoms with E-state index < -0.39 is 11.6 Å². The third-order valence-electron chi connectivity index (χ3n) is 3.08. The topological polar surface area (TPSA) is 12.0 Å². The minimum absolute atomic E-state index is 0.281. The molecule has 0 bridgehead atoms. The Morgan fingerprint density at radius 1 is 1.05 bits per heavy atom. The highest BCUT2D eigenvalue weighted by Crippen LogP contribution is 2.26. The van der Waals surface area contributed by atoms with Crippen molar-refractivity contribution >= 4 is 22.6 Å². The van der Waals surface area contributed by atoms with Gasteiger partial charge in [-0.2, -0.15) is 0 Å². The number of benzene rings is 2. The highest BCUT2D eigenvalue weighted by atomic mass is 127. The summed E-state index contributed by atoms with van der Waals surface area (Å²) in [6.45, 7) is 1.64. The van der Waals surface area contributed by atoms with E-state index in [4.69, 9.17) is 0 Å². The number of hydrogen-bond acceptors (Lipinski definition) is 1. The van der Waals surface area contributed by atoms with Crippen LogP contribution in [0.5, 0.6) is 0 Å². The maximum absolute atomic E-state index is 14.0. The molecule has 0 aliphatic rings. The van der Waals surface area contributed by atoms with Gasteiger partial charge in [0.25, 0.3) is 0 Å². The van der Waals surface area contributed by atoms with Gasteiger partial charge in [0.15, 0.2) is 0 Å². The smallest absolute Gasteiger partial charge is 0.131 e. The van der Waals surface area contributed by atoms with E-state index in [2.05, 4.69) is 27.9 Å². The highest BCUT2D eigenvalue weighted by molar-refractivity contribution is 14.1. The molecule has 2 rings (SSSR count). The first-order valence-corrected chi connectivity index (χ1v) is 6.99. The third kappa shape index (κ3) is 3.12. The first-order valence-electron chi connectivity index (χ1n) is 5.91. The number of aryl methyl sites for hydroxylation is 1. The van der Waals surface area contributed by atoms with E-state index >= 15 is 0 Å². The summed E-state index contributed by atoms with van der Waals surface area (Å²) in [5.41, 5.74) is 1.86. The molecule has 0 aliphatic heterocycles. The van der Waals surface area contributed by atoms with Crippen LogP contribution in [0.25, 0.3) is 0 Å². The molecule has 100 valence electrons. The monoisotopic (exact) mass is 373 g/mol. The van der Waals surface area contributed by atoms with Gasteiger partial charge in [0.1, 0.15) is 11.6 Å². The molecule has 1 nitrogen and oxygen atoms in total. The summed E-state index contributed by atoms with van der Waals surface area (Å²) in [7, 11) is 1.76. The molecular formula is C15H14F2IN. The Bertz CT molecular complexity index is 581. The van der Waals surface area contributed by atoms with Crippen molar-refractivity contribution < 1.29 is 8.78 Å². The molecule has 0 spiro atoms. The van der Waals surface area contributed by atoms with Crippen LogP contribution in [0, 0.1) is 22.1 Å². The van der Waals surface area contributed by atoms with Crippen LogP contribution in [-0.4, -0.2) is 7.05 Å². The van der Waals surface area contributed by atoms with Gasteiger partial charge in [0.2, 0.25) is 0 Å². The molecular weight excluding hydrogens is 359 g/mol. The molecule has 0 heterocycles. The number of hydrogen-bond donors (Lipinski definition) is 1. The lowest BCUT2D eigenvalue weighted by atomic mass is 9.97. The zero-order valence-corrected chi connectivity index (χ0v) is 12.8. The average Bonchev–Trinajstić information content (AvgIpc) is 2.38. The predicted molar refractivity (Wildman–Crippen MR) is 81.2 cm³/mol. The zero-order chi connectivity index (χ0) is 14.0. The Balaban J connectivity index is 2.47. The molecule has 0 saturated carbocycles. The van der Waals surface area contributed by atoms with E-state index in [9.17, 15) is 8.78 Å². The highest BCUT2D eigenvalue weighted by Gasteiger charge is 2.17. The molecule has 19 heavy (non-hydrogen) atoms. The molecule has 0 aliphatic carbocycles. The van der Waals surface area contributed by atoms with Gasteiger partial charge in [0.05, 0.1) is 6.04 Å². The molecule has 2 aromatic rings. The molecule has 4 heteroatoms. The van der Waals surface area contributed by atoms with Crippen molar-refractivity contribution in [1.29, 1.82) is 0 Å². The minimum Gasteiger partial charge on any atom is -0.309 e. The summed E-state index contributed by atoms with van der Waals surface area (Å²) in [6.07, 6.45) is 0. The predicted octanol–water partition coefficient (Wildman–Crippen LogP) is 4.19. The Kier molecular flexibility index (Phi) is 4.52. The quantitative estimate of drug-likeness (QED) is 0.796. The SMILES string of the molecule is CNC(c1ccc(I)cc1)c1cc(C)c(F)cc1F. The van der Waals surface area contributed by atoms with Crippen LogP contribution in [0.2, 0.25) is 0 Å². The van der Waals surface area contributed by atoms with Crippen molar-refractivity contribution in [2.75, 3.05) is 7.05 Å². The molecule has 0 saturated heterocycles. The lowest BCUT2D eigenvalue weighted by Crippen LogP contribution is -2.19. The summed E-state index contributed by atoms with van der Waals surface area (Å²) in [5.74, 6) is -1.04. The third-order valence-corrected chi connectivity index (χ3v) is 3.80. The summed E-state index contributed by atoms with van der Waals surface area (Å²) in [6, 6.07) is 10.0. The van der Waals surface area contributed by atoms with Crippen LogP contribution in [0.4, 0.5) is 8.78 Å². The first-order chi connectivity index (χ1) is 9.02. The maximum Gasteiger partial charge on any atom is 0.131 e. The number of rotatable bonds is 3. The van der Waals surface area contributed by atoms with E-state index in [1.54, 1.807) is 20.0 Å². The number of nitrogens with one attached hydrogen (secondary N) is 1. The van der Waals surface area contributed by atoms with Crippen molar-refractivity contribution in [2.45, 2.75) is 13.0 Å². The van der Waals surface area contributed by atoms with Crippen LogP contribution in [-0.2, 0) is 0 Å². The Morgan fingerprint density at radius 3 is 2.26 bits per heavy atom. The minimum atomic E-state index is -0.527. The second-order valence-corrected chi connectivity index (χ2v) is 5.64. The van der Waals surface area contributed by atoms with Gasteiger partial charge in [-0.25, -0.2) is 8.78 Å². The summed E-state index contributed by atoms with van der Waals surface area (Å²) < 4.78 is 28.4. The fraction of sp³-hybridized carbons (Fsp3) is 0.200. The van der Waals surface area contributed by atoms with Gasteiger partial charge in [-0.3, -0.25) is 0 Å². The van der Waals surface area contributed by atoms with Crippen LogP contribution in [0.3, 0.4) is 0 Å².